The lowest BCUT2D eigenvalue weighted by atomic mass is 10.1. The van der Waals surface area contributed by atoms with Crippen LogP contribution in [-0.4, -0.2) is 16.9 Å². The van der Waals surface area contributed by atoms with Crippen molar-refractivity contribution < 1.29 is 14.1 Å². The van der Waals surface area contributed by atoms with Crippen LogP contribution in [0.2, 0.25) is 5.02 Å². The molecule has 1 N–H and O–H groups in total. The number of non-ortho nitro benzene ring substituents is 1. The van der Waals surface area contributed by atoms with Gasteiger partial charge in [0.25, 0.3) is 11.6 Å². The van der Waals surface area contributed by atoms with Gasteiger partial charge in [-0.15, -0.1) is 0 Å². The van der Waals surface area contributed by atoms with Gasteiger partial charge in [-0.3, -0.25) is 14.9 Å². The van der Waals surface area contributed by atoms with Crippen molar-refractivity contribution in [1.29, 1.82) is 0 Å². The Balaban J connectivity index is 2.29. The van der Waals surface area contributed by atoms with Crippen molar-refractivity contribution in [2.45, 2.75) is 19.9 Å². The van der Waals surface area contributed by atoms with Crippen molar-refractivity contribution in [2.24, 2.45) is 0 Å². The molecule has 0 spiro atoms. The number of amides is 1. The first-order valence-electron chi connectivity index (χ1n) is 6.23. The molecule has 7 heteroatoms. The first kappa shape index (κ1) is 15.1. The summed E-state index contributed by atoms with van der Waals surface area (Å²) < 4.78 is 5.45. The number of benzene rings is 1. The molecule has 0 saturated heterocycles. The van der Waals surface area contributed by atoms with E-state index in [-0.39, 0.29) is 28.4 Å². The lowest BCUT2D eigenvalue weighted by Gasteiger charge is -2.05. The van der Waals surface area contributed by atoms with E-state index in [9.17, 15) is 14.9 Å². The Labute approximate surface area is 125 Å². The molecule has 110 valence electrons. The summed E-state index contributed by atoms with van der Waals surface area (Å²) >= 11 is 6.02. The third kappa shape index (κ3) is 3.41. The van der Waals surface area contributed by atoms with Crippen molar-refractivity contribution >= 4 is 23.2 Å². The highest BCUT2D eigenvalue weighted by Gasteiger charge is 2.16. The zero-order valence-electron chi connectivity index (χ0n) is 11.4. The summed E-state index contributed by atoms with van der Waals surface area (Å²) in [6.45, 7) is 3.68. The Morgan fingerprint density at radius 2 is 2.05 bits per heavy atom. The summed E-state index contributed by atoms with van der Waals surface area (Å²) in [5.41, 5.74) is 0.388. The summed E-state index contributed by atoms with van der Waals surface area (Å²) in [5.74, 6) is 0.214. The van der Waals surface area contributed by atoms with Gasteiger partial charge in [-0.05, 0) is 32.0 Å². The number of furan rings is 1. The molecular formula is C14H13ClN2O4. The fourth-order valence-corrected chi connectivity index (χ4v) is 2.02. The second-order valence-electron chi connectivity index (χ2n) is 4.71. The Bertz CT molecular complexity index is 694. The van der Waals surface area contributed by atoms with Crippen LogP contribution < -0.4 is 5.32 Å². The molecule has 2 aromatic rings. The molecule has 0 unspecified atom stereocenters. The molecule has 1 amide bonds. The molecule has 1 aromatic carbocycles. The van der Waals surface area contributed by atoms with Gasteiger partial charge in [0.2, 0.25) is 0 Å². The third-order valence-corrected chi connectivity index (χ3v) is 2.99. The molecule has 2 rings (SSSR count). The van der Waals surface area contributed by atoms with Gasteiger partial charge in [0.1, 0.15) is 5.76 Å². The van der Waals surface area contributed by atoms with Crippen molar-refractivity contribution in [3.8, 4) is 11.3 Å². The van der Waals surface area contributed by atoms with E-state index in [1.54, 1.807) is 6.07 Å². The van der Waals surface area contributed by atoms with Crippen molar-refractivity contribution in [3.05, 3.63) is 51.2 Å². The van der Waals surface area contributed by atoms with E-state index in [4.69, 9.17) is 16.0 Å². The highest BCUT2D eigenvalue weighted by molar-refractivity contribution is 6.33. The van der Waals surface area contributed by atoms with Crippen LogP contribution in [0.4, 0.5) is 5.69 Å². The van der Waals surface area contributed by atoms with Crippen molar-refractivity contribution in [2.75, 3.05) is 0 Å². The second-order valence-corrected chi connectivity index (χ2v) is 5.12. The van der Waals surface area contributed by atoms with E-state index in [0.717, 1.165) is 0 Å². The largest absolute Gasteiger partial charge is 0.451 e. The smallest absolute Gasteiger partial charge is 0.287 e. The van der Waals surface area contributed by atoms with Gasteiger partial charge in [0.15, 0.2) is 5.76 Å². The van der Waals surface area contributed by atoms with Gasteiger partial charge in [0, 0.05) is 23.7 Å². The van der Waals surface area contributed by atoms with Crippen LogP contribution >= 0.6 is 11.6 Å². The fourth-order valence-electron chi connectivity index (χ4n) is 1.76. The predicted octanol–water partition coefficient (Wildman–Crippen LogP) is 3.65. The standard InChI is InChI=1S/C14H13ClN2O4/c1-8(2)16-14(18)13-6-5-12(21-13)10-4-3-9(17(19)20)7-11(10)15/h3-8H,1-2H3,(H,16,18). The van der Waals surface area contributed by atoms with Crippen LogP contribution in [0, 0.1) is 10.1 Å². The fraction of sp³-hybridized carbons (Fsp3) is 0.214. The predicted molar refractivity (Wildman–Crippen MR) is 78.4 cm³/mol. The molecule has 0 aliphatic heterocycles. The maximum absolute atomic E-state index is 11.8. The number of carbonyl (C=O) groups is 1. The summed E-state index contributed by atoms with van der Waals surface area (Å²) in [4.78, 5) is 21.9. The van der Waals surface area contributed by atoms with Crippen LogP contribution in [0.3, 0.4) is 0 Å². The van der Waals surface area contributed by atoms with E-state index in [1.165, 1.54) is 24.3 Å². The average molecular weight is 309 g/mol. The van der Waals surface area contributed by atoms with Gasteiger partial charge >= 0.3 is 0 Å². The van der Waals surface area contributed by atoms with E-state index in [0.29, 0.717) is 11.3 Å². The molecule has 0 saturated carbocycles. The normalized spacial score (nSPS) is 10.7. The molecule has 0 atom stereocenters. The second kappa shape index (κ2) is 5.97. The number of nitrogens with one attached hydrogen (secondary N) is 1. The molecule has 21 heavy (non-hydrogen) atoms. The minimum atomic E-state index is -0.528. The zero-order valence-corrected chi connectivity index (χ0v) is 12.2. The van der Waals surface area contributed by atoms with Crippen LogP contribution in [0.25, 0.3) is 11.3 Å². The number of nitro benzene ring substituents is 1. The third-order valence-electron chi connectivity index (χ3n) is 2.68. The topological polar surface area (TPSA) is 85.4 Å². The monoisotopic (exact) mass is 308 g/mol. The Morgan fingerprint density at radius 1 is 1.33 bits per heavy atom. The maximum Gasteiger partial charge on any atom is 0.287 e. The number of carbonyl (C=O) groups excluding carboxylic acids is 1. The van der Waals surface area contributed by atoms with Crippen LogP contribution in [0.1, 0.15) is 24.4 Å². The van der Waals surface area contributed by atoms with E-state index in [1.807, 2.05) is 13.8 Å². The zero-order chi connectivity index (χ0) is 15.6. The van der Waals surface area contributed by atoms with Crippen LogP contribution in [0.15, 0.2) is 34.7 Å². The van der Waals surface area contributed by atoms with Gasteiger partial charge in [-0.1, -0.05) is 11.6 Å². The molecule has 0 bridgehead atoms. The molecule has 0 radical (unpaired) electrons. The minimum Gasteiger partial charge on any atom is -0.451 e. The summed E-state index contributed by atoms with van der Waals surface area (Å²) in [5, 5.41) is 13.6. The molecule has 0 aliphatic carbocycles. The van der Waals surface area contributed by atoms with E-state index < -0.39 is 4.92 Å². The van der Waals surface area contributed by atoms with E-state index >= 15 is 0 Å². The molecule has 0 aliphatic rings. The number of nitrogens with zero attached hydrogens (tertiary/aromatic N) is 1. The Morgan fingerprint density at radius 3 is 2.62 bits per heavy atom. The van der Waals surface area contributed by atoms with Gasteiger partial charge in [0.05, 0.1) is 9.95 Å². The van der Waals surface area contributed by atoms with E-state index in [2.05, 4.69) is 5.32 Å². The number of halogens is 1. The van der Waals surface area contributed by atoms with Gasteiger partial charge in [-0.25, -0.2) is 0 Å². The van der Waals surface area contributed by atoms with Crippen LogP contribution in [0.5, 0.6) is 0 Å². The number of rotatable bonds is 4. The molecule has 1 aromatic heterocycles. The van der Waals surface area contributed by atoms with Crippen molar-refractivity contribution in [1.82, 2.24) is 5.32 Å². The quantitative estimate of drug-likeness (QED) is 0.690. The lowest BCUT2D eigenvalue weighted by Crippen LogP contribution is -2.29. The lowest BCUT2D eigenvalue weighted by molar-refractivity contribution is -0.384. The summed E-state index contributed by atoms with van der Waals surface area (Å²) in [7, 11) is 0. The minimum absolute atomic E-state index is 0.00554. The Hall–Kier alpha value is -2.34. The van der Waals surface area contributed by atoms with Crippen LogP contribution in [-0.2, 0) is 0 Å². The highest BCUT2D eigenvalue weighted by Crippen LogP contribution is 2.32. The summed E-state index contributed by atoms with van der Waals surface area (Å²) in [6, 6.07) is 7.19. The molecule has 6 nitrogen and oxygen atoms in total. The first-order valence-corrected chi connectivity index (χ1v) is 6.61. The highest BCUT2D eigenvalue weighted by atomic mass is 35.5. The molecule has 0 fully saturated rings. The van der Waals surface area contributed by atoms with Crippen molar-refractivity contribution in [3.63, 3.8) is 0 Å². The molecule has 1 heterocycles. The van der Waals surface area contributed by atoms with Gasteiger partial charge < -0.3 is 9.73 Å². The average Bonchev–Trinajstić information content (AvgIpc) is 2.87. The SMILES string of the molecule is CC(C)NC(=O)c1ccc(-c2ccc([N+](=O)[O-])cc2Cl)o1. The number of hydrogen-bond donors (Lipinski definition) is 1. The maximum atomic E-state index is 11.8. The summed E-state index contributed by atoms with van der Waals surface area (Å²) in [6.07, 6.45) is 0. The number of nitro groups is 1. The Kier molecular flexibility index (Phi) is 4.28. The molecular weight excluding hydrogens is 296 g/mol. The number of hydrogen-bond acceptors (Lipinski definition) is 4. The van der Waals surface area contributed by atoms with Gasteiger partial charge in [-0.2, -0.15) is 0 Å². The first-order chi connectivity index (χ1) is 9.88.